The molecule has 130 valence electrons. The number of hydrogen-bond donors (Lipinski definition) is 1. The maximum absolute atomic E-state index is 9.15. The molecule has 1 aliphatic rings. The van der Waals surface area contributed by atoms with Crippen molar-refractivity contribution in [2.24, 2.45) is 5.41 Å². The Morgan fingerprint density at radius 1 is 1.19 bits per heavy atom. The van der Waals surface area contributed by atoms with Crippen LogP contribution in [-0.4, -0.2) is 28.7 Å². The Balaban J connectivity index is 1.55. The summed E-state index contributed by atoms with van der Waals surface area (Å²) in [6.07, 6.45) is 6.84. The first-order valence-electron chi connectivity index (χ1n) is 8.27. The van der Waals surface area contributed by atoms with Crippen molar-refractivity contribution in [1.29, 1.82) is 5.26 Å². The van der Waals surface area contributed by atoms with Gasteiger partial charge in [-0.05, 0) is 42.5 Å². The van der Waals surface area contributed by atoms with Crippen molar-refractivity contribution in [3.05, 3.63) is 42.9 Å². The lowest BCUT2D eigenvalue weighted by Gasteiger charge is -2.12. The molecule has 0 spiro atoms. The third kappa shape index (κ3) is 3.22. The average Bonchev–Trinajstić information content (AvgIpc) is 3.48. The van der Waals surface area contributed by atoms with E-state index in [9.17, 15) is 0 Å². The zero-order valence-corrected chi connectivity index (χ0v) is 14.3. The normalized spacial score (nSPS) is 14.5. The van der Waals surface area contributed by atoms with Gasteiger partial charge in [0, 0.05) is 11.6 Å². The summed E-state index contributed by atoms with van der Waals surface area (Å²) in [4.78, 5) is 12.6. The number of methoxy groups -OCH3 is 1. The molecule has 4 rings (SSSR count). The summed E-state index contributed by atoms with van der Waals surface area (Å²) in [6, 6.07) is 10.4. The Bertz CT molecular complexity index is 977. The van der Waals surface area contributed by atoms with E-state index in [2.05, 4.69) is 26.3 Å². The van der Waals surface area contributed by atoms with Crippen LogP contribution in [0.4, 0.5) is 11.5 Å². The number of pyridine rings is 1. The molecule has 0 saturated heterocycles. The molecule has 0 radical (unpaired) electrons. The van der Waals surface area contributed by atoms with Crippen LogP contribution in [0.25, 0.3) is 10.8 Å². The Kier molecular flexibility index (Phi) is 4.01. The molecule has 0 aliphatic heterocycles. The first-order chi connectivity index (χ1) is 12.7. The smallest absolute Gasteiger partial charge is 0.316 e. The first-order valence-corrected chi connectivity index (χ1v) is 8.27. The summed E-state index contributed by atoms with van der Waals surface area (Å²) in [6.45, 7) is 0.439. The van der Waals surface area contributed by atoms with Gasteiger partial charge in [0.25, 0.3) is 0 Å². The van der Waals surface area contributed by atoms with Gasteiger partial charge in [0.05, 0.1) is 36.7 Å². The highest BCUT2D eigenvalue weighted by Gasteiger charge is 2.44. The fourth-order valence-electron chi connectivity index (χ4n) is 2.63. The minimum absolute atomic E-state index is 0.283. The Hall–Kier alpha value is -3.40. The summed E-state index contributed by atoms with van der Waals surface area (Å²) in [7, 11) is 1.52. The van der Waals surface area contributed by atoms with Gasteiger partial charge in [0.1, 0.15) is 18.2 Å². The van der Waals surface area contributed by atoms with Gasteiger partial charge in [-0.2, -0.15) is 5.26 Å². The molecule has 7 nitrogen and oxygen atoms in total. The van der Waals surface area contributed by atoms with E-state index < -0.39 is 0 Å². The number of ether oxygens (including phenoxy) is 2. The molecule has 0 atom stereocenters. The number of hydrogen-bond acceptors (Lipinski definition) is 7. The summed E-state index contributed by atoms with van der Waals surface area (Å²) in [5, 5.41) is 14.3. The zero-order valence-electron chi connectivity index (χ0n) is 14.3. The zero-order chi connectivity index (χ0) is 18.0. The molecule has 1 N–H and O–H groups in total. The first kappa shape index (κ1) is 16.1. The molecule has 2 heterocycles. The summed E-state index contributed by atoms with van der Waals surface area (Å²) < 4.78 is 10.8. The summed E-state index contributed by atoms with van der Waals surface area (Å²) in [5.41, 5.74) is 0.435. The highest BCUT2D eigenvalue weighted by molar-refractivity contribution is 5.93. The minimum atomic E-state index is -0.283. The Morgan fingerprint density at radius 2 is 2.00 bits per heavy atom. The lowest BCUT2D eigenvalue weighted by atomic mass is 10.1. The van der Waals surface area contributed by atoms with E-state index in [0.29, 0.717) is 18.4 Å². The van der Waals surface area contributed by atoms with Crippen LogP contribution in [0.5, 0.6) is 11.8 Å². The second-order valence-electron chi connectivity index (χ2n) is 6.31. The van der Waals surface area contributed by atoms with Crippen LogP contribution < -0.4 is 14.8 Å². The van der Waals surface area contributed by atoms with Crippen LogP contribution in [0.2, 0.25) is 0 Å². The predicted octanol–water partition coefficient (Wildman–Crippen LogP) is 3.46. The van der Waals surface area contributed by atoms with Crippen molar-refractivity contribution < 1.29 is 9.47 Å². The topological polar surface area (TPSA) is 93.0 Å². The van der Waals surface area contributed by atoms with Gasteiger partial charge < -0.3 is 14.8 Å². The SMILES string of the molecule is COc1ncc(Nc2nccc3cc(OCC4(C#N)CC4)ccc23)cn1. The van der Waals surface area contributed by atoms with E-state index in [-0.39, 0.29) is 5.41 Å². The van der Waals surface area contributed by atoms with Gasteiger partial charge in [-0.15, -0.1) is 0 Å². The van der Waals surface area contributed by atoms with E-state index in [4.69, 9.17) is 14.7 Å². The van der Waals surface area contributed by atoms with E-state index >= 15 is 0 Å². The predicted molar refractivity (Wildman–Crippen MR) is 96.4 cm³/mol. The monoisotopic (exact) mass is 347 g/mol. The maximum atomic E-state index is 9.15. The van der Waals surface area contributed by atoms with Gasteiger partial charge in [0.15, 0.2) is 0 Å². The number of nitriles is 1. The average molecular weight is 347 g/mol. The molecule has 1 fully saturated rings. The van der Waals surface area contributed by atoms with Crippen molar-refractivity contribution in [3.8, 4) is 17.8 Å². The molecule has 3 aromatic rings. The molecule has 2 aromatic heterocycles. The van der Waals surface area contributed by atoms with Crippen molar-refractivity contribution in [2.75, 3.05) is 19.0 Å². The van der Waals surface area contributed by atoms with Crippen molar-refractivity contribution in [3.63, 3.8) is 0 Å². The lowest BCUT2D eigenvalue weighted by Crippen LogP contribution is -2.10. The fourth-order valence-corrected chi connectivity index (χ4v) is 2.63. The van der Waals surface area contributed by atoms with E-state index in [0.717, 1.165) is 35.1 Å². The van der Waals surface area contributed by atoms with Crippen LogP contribution in [0.15, 0.2) is 42.9 Å². The molecule has 7 heteroatoms. The molecule has 0 bridgehead atoms. The van der Waals surface area contributed by atoms with Crippen molar-refractivity contribution >= 4 is 22.3 Å². The van der Waals surface area contributed by atoms with Gasteiger partial charge in [-0.3, -0.25) is 0 Å². The Labute approximate surface area is 150 Å². The van der Waals surface area contributed by atoms with Gasteiger partial charge in [0.2, 0.25) is 0 Å². The van der Waals surface area contributed by atoms with Crippen LogP contribution in [0.1, 0.15) is 12.8 Å². The second-order valence-corrected chi connectivity index (χ2v) is 6.31. The molecule has 1 aromatic carbocycles. The molecule has 0 amide bonds. The quantitative estimate of drug-likeness (QED) is 0.730. The van der Waals surface area contributed by atoms with Crippen LogP contribution >= 0.6 is 0 Å². The van der Waals surface area contributed by atoms with Crippen molar-refractivity contribution in [1.82, 2.24) is 15.0 Å². The largest absolute Gasteiger partial charge is 0.492 e. The molecule has 1 saturated carbocycles. The second kappa shape index (κ2) is 6.48. The van der Waals surface area contributed by atoms with Gasteiger partial charge >= 0.3 is 6.01 Å². The molecular formula is C19H17N5O2. The third-order valence-corrected chi connectivity index (χ3v) is 4.42. The van der Waals surface area contributed by atoms with Crippen LogP contribution in [-0.2, 0) is 0 Å². The summed E-state index contributed by atoms with van der Waals surface area (Å²) in [5.74, 6) is 1.46. The summed E-state index contributed by atoms with van der Waals surface area (Å²) >= 11 is 0. The standard InChI is InChI=1S/C19H17N5O2/c1-25-18-22-9-14(10-23-18)24-17-16-3-2-15(8-13(16)4-7-21-17)26-12-19(11-20)5-6-19/h2-4,7-10H,5-6,12H2,1H3,(H,21,24). The highest BCUT2D eigenvalue weighted by Crippen LogP contribution is 2.45. The van der Waals surface area contributed by atoms with E-state index in [1.165, 1.54) is 7.11 Å². The maximum Gasteiger partial charge on any atom is 0.316 e. The number of nitrogens with one attached hydrogen (secondary N) is 1. The van der Waals surface area contributed by atoms with Gasteiger partial charge in [-0.25, -0.2) is 15.0 Å². The lowest BCUT2D eigenvalue weighted by molar-refractivity contribution is 0.269. The van der Waals surface area contributed by atoms with Crippen LogP contribution in [0.3, 0.4) is 0 Å². The number of benzene rings is 1. The highest BCUT2D eigenvalue weighted by atomic mass is 16.5. The van der Waals surface area contributed by atoms with Gasteiger partial charge in [-0.1, -0.05) is 0 Å². The minimum Gasteiger partial charge on any atom is -0.492 e. The third-order valence-electron chi connectivity index (χ3n) is 4.42. The molecule has 0 unspecified atom stereocenters. The number of aromatic nitrogens is 3. The van der Waals surface area contributed by atoms with Crippen molar-refractivity contribution in [2.45, 2.75) is 12.8 Å². The number of rotatable bonds is 6. The Morgan fingerprint density at radius 3 is 2.69 bits per heavy atom. The molecular weight excluding hydrogens is 330 g/mol. The van der Waals surface area contributed by atoms with E-state index in [1.54, 1.807) is 18.6 Å². The van der Waals surface area contributed by atoms with Crippen LogP contribution in [0, 0.1) is 16.7 Å². The molecule has 26 heavy (non-hydrogen) atoms. The van der Waals surface area contributed by atoms with E-state index in [1.807, 2.05) is 24.3 Å². The number of fused-ring (bicyclic) bond motifs is 1. The number of nitrogens with zero attached hydrogens (tertiary/aromatic N) is 4. The fraction of sp³-hybridized carbons (Fsp3) is 0.263. The number of anilines is 2. The molecule has 1 aliphatic carbocycles.